The number of fused-ring (bicyclic) bond motifs is 1. The summed E-state index contributed by atoms with van der Waals surface area (Å²) in [5.41, 5.74) is 4.67. The van der Waals surface area contributed by atoms with Gasteiger partial charge in [0, 0.05) is 36.5 Å². The quantitative estimate of drug-likeness (QED) is 0.166. The number of hydrogen-bond acceptors (Lipinski definition) is 6. The lowest BCUT2D eigenvalue weighted by Crippen LogP contribution is -2.10. The Balaban J connectivity index is 1.42. The highest BCUT2D eigenvalue weighted by Crippen LogP contribution is 2.29. The first kappa shape index (κ1) is 24.9. The average molecular weight is 529 g/mol. The summed E-state index contributed by atoms with van der Waals surface area (Å²) >= 11 is 5.91. The molecule has 8 nitrogen and oxygen atoms in total. The largest absolute Gasteiger partial charge is 0.478 e. The van der Waals surface area contributed by atoms with Crippen molar-refractivity contribution in [2.24, 2.45) is 0 Å². The summed E-state index contributed by atoms with van der Waals surface area (Å²) in [6, 6.07) is 19.5. The molecule has 4 N–H and O–H groups in total. The first-order valence-electron chi connectivity index (χ1n) is 11.7. The van der Waals surface area contributed by atoms with E-state index in [9.17, 15) is 9.18 Å². The summed E-state index contributed by atoms with van der Waals surface area (Å²) in [4.78, 5) is 28.0. The Morgan fingerprint density at radius 2 is 1.95 bits per heavy atom. The van der Waals surface area contributed by atoms with Crippen LogP contribution in [0, 0.1) is 5.82 Å². The molecule has 0 aliphatic rings. The van der Waals surface area contributed by atoms with Crippen LogP contribution in [0.5, 0.6) is 0 Å². The summed E-state index contributed by atoms with van der Waals surface area (Å²) in [7, 11) is 0. The molecule has 0 saturated heterocycles. The molecule has 0 amide bonds. The molecular formula is C28H22ClFN6O2. The normalized spacial score (nSPS) is 11.2. The fourth-order valence-corrected chi connectivity index (χ4v) is 4.07. The third-order valence-electron chi connectivity index (χ3n) is 5.67. The van der Waals surface area contributed by atoms with Gasteiger partial charge in [-0.1, -0.05) is 41.9 Å². The number of aliphatic carboxylic acids is 1. The molecule has 2 heterocycles. The lowest BCUT2D eigenvalue weighted by molar-refractivity contribution is -0.131. The van der Waals surface area contributed by atoms with Gasteiger partial charge in [0.25, 0.3) is 0 Å². The maximum absolute atomic E-state index is 13.6. The number of carbonyl (C=O) groups is 1. The van der Waals surface area contributed by atoms with Crippen LogP contribution in [-0.2, 0) is 11.2 Å². The summed E-state index contributed by atoms with van der Waals surface area (Å²) in [5, 5.41) is 15.4. The van der Waals surface area contributed by atoms with Crippen molar-refractivity contribution in [1.29, 1.82) is 0 Å². The molecule has 0 saturated carbocycles. The zero-order valence-electron chi connectivity index (χ0n) is 20.0. The molecule has 5 rings (SSSR count). The van der Waals surface area contributed by atoms with Crippen molar-refractivity contribution in [2.45, 2.75) is 6.42 Å². The van der Waals surface area contributed by atoms with E-state index in [1.807, 2.05) is 48.5 Å². The fraction of sp³-hybridized carbons (Fsp3) is 0.0714. The molecule has 0 spiro atoms. The van der Waals surface area contributed by atoms with Crippen molar-refractivity contribution < 1.29 is 14.3 Å². The van der Waals surface area contributed by atoms with E-state index < -0.39 is 11.8 Å². The van der Waals surface area contributed by atoms with Gasteiger partial charge in [0.1, 0.15) is 17.5 Å². The van der Waals surface area contributed by atoms with Crippen LogP contribution in [0.25, 0.3) is 28.2 Å². The fourth-order valence-electron chi connectivity index (χ4n) is 3.89. The number of hydrogen-bond donors (Lipinski definition) is 4. The maximum atomic E-state index is 13.6. The van der Waals surface area contributed by atoms with Crippen LogP contribution in [0.4, 0.5) is 21.8 Å². The number of para-hydroxylation sites is 2. The minimum atomic E-state index is -1.02. The second kappa shape index (κ2) is 11.1. The van der Waals surface area contributed by atoms with Crippen LogP contribution in [0.15, 0.2) is 79.0 Å². The topological polar surface area (TPSA) is 116 Å². The van der Waals surface area contributed by atoms with E-state index in [-0.39, 0.29) is 5.02 Å². The Kier molecular flexibility index (Phi) is 7.28. The van der Waals surface area contributed by atoms with Gasteiger partial charge in [-0.05, 0) is 53.6 Å². The Hall–Kier alpha value is -4.76. The summed E-state index contributed by atoms with van der Waals surface area (Å²) in [6.45, 7) is 0.532. The molecular weight excluding hydrogens is 507 g/mol. The third kappa shape index (κ3) is 5.96. The molecule has 0 aliphatic heterocycles. The van der Waals surface area contributed by atoms with Crippen molar-refractivity contribution in [3.8, 4) is 11.1 Å². The van der Waals surface area contributed by atoms with E-state index in [2.05, 4.69) is 30.6 Å². The van der Waals surface area contributed by atoms with E-state index in [1.165, 1.54) is 18.2 Å². The standard InChI is InChI=1S/C28H22ClFN6O2/c29-21-15-19(9-10-22(21)30)33-28-32-16-20(18-5-3-4-17(14-18)8-11-26(37)38)27(36-28)31-13-12-25-34-23-6-1-2-7-24(23)35-25/h1-11,14-16H,12-13H2,(H,34,35)(H,37,38)(H2,31,32,33,36). The van der Waals surface area contributed by atoms with Gasteiger partial charge in [0.2, 0.25) is 5.95 Å². The van der Waals surface area contributed by atoms with Gasteiger partial charge < -0.3 is 20.7 Å². The number of imidazole rings is 1. The van der Waals surface area contributed by atoms with E-state index in [0.717, 1.165) is 39.6 Å². The molecule has 0 radical (unpaired) electrons. The molecule has 3 aromatic carbocycles. The third-order valence-corrected chi connectivity index (χ3v) is 5.96. The van der Waals surface area contributed by atoms with Crippen molar-refractivity contribution in [1.82, 2.24) is 19.9 Å². The van der Waals surface area contributed by atoms with Crippen molar-refractivity contribution in [3.05, 3.63) is 101 Å². The van der Waals surface area contributed by atoms with Gasteiger partial charge in [0.15, 0.2) is 0 Å². The second-order valence-corrected chi connectivity index (χ2v) is 8.79. The van der Waals surface area contributed by atoms with E-state index in [0.29, 0.717) is 30.4 Å². The molecule has 5 aromatic rings. The molecule has 10 heteroatoms. The van der Waals surface area contributed by atoms with Crippen LogP contribution >= 0.6 is 11.6 Å². The molecule has 38 heavy (non-hydrogen) atoms. The van der Waals surface area contributed by atoms with Crippen LogP contribution in [0.1, 0.15) is 11.4 Å². The second-order valence-electron chi connectivity index (χ2n) is 8.38. The van der Waals surface area contributed by atoms with E-state index in [4.69, 9.17) is 16.7 Å². The maximum Gasteiger partial charge on any atom is 0.328 e. The van der Waals surface area contributed by atoms with Crippen molar-refractivity contribution >= 4 is 52.1 Å². The Morgan fingerprint density at radius 3 is 2.76 bits per heavy atom. The highest BCUT2D eigenvalue weighted by atomic mass is 35.5. The Bertz CT molecular complexity index is 1620. The Labute approximate surface area is 222 Å². The predicted octanol–water partition coefficient (Wildman–Crippen LogP) is 6.31. The minimum Gasteiger partial charge on any atom is -0.478 e. The number of halogens is 2. The van der Waals surface area contributed by atoms with Crippen LogP contribution in [-0.4, -0.2) is 37.6 Å². The van der Waals surface area contributed by atoms with Gasteiger partial charge >= 0.3 is 5.97 Å². The number of benzene rings is 3. The number of carboxylic acids is 1. The Morgan fingerprint density at radius 1 is 1.08 bits per heavy atom. The number of anilines is 3. The van der Waals surface area contributed by atoms with Crippen molar-refractivity contribution in [2.75, 3.05) is 17.2 Å². The lowest BCUT2D eigenvalue weighted by Gasteiger charge is -2.14. The number of nitrogens with one attached hydrogen (secondary N) is 3. The SMILES string of the molecule is O=C(O)C=Cc1cccc(-c2cnc(Nc3ccc(F)c(Cl)c3)nc2NCCc2nc3ccccc3[nH]2)c1. The lowest BCUT2D eigenvalue weighted by atomic mass is 10.0. The highest BCUT2D eigenvalue weighted by molar-refractivity contribution is 6.31. The molecule has 0 atom stereocenters. The number of nitrogens with zero attached hydrogens (tertiary/aromatic N) is 3. The molecule has 0 aliphatic carbocycles. The summed E-state index contributed by atoms with van der Waals surface area (Å²) in [6.07, 6.45) is 4.90. The zero-order chi connectivity index (χ0) is 26.5. The molecule has 0 unspecified atom stereocenters. The number of H-pyrrole nitrogens is 1. The number of rotatable bonds is 9. The smallest absolute Gasteiger partial charge is 0.328 e. The number of aromatic amines is 1. The van der Waals surface area contributed by atoms with Crippen molar-refractivity contribution in [3.63, 3.8) is 0 Å². The predicted molar refractivity (Wildman–Crippen MR) is 147 cm³/mol. The molecule has 190 valence electrons. The van der Waals surface area contributed by atoms with E-state index >= 15 is 0 Å². The van der Waals surface area contributed by atoms with Gasteiger partial charge in [-0.25, -0.2) is 19.2 Å². The van der Waals surface area contributed by atoms with E-state index in [1.54, 1.807) is 12.3 Å². The number of aromatic nitrogens is 4. The highest BCUT2D eigenvalue weighted by Gasteiger charge is 2.12. The minimum absolute atomic E-state index is 0.0120. The van der Waals surface area contributed by atoms with Gasteiger partial charge in [-0.2, -0.15) is 4.98 Å². The molecule has 2 aromatic heterocycles. The average Bonchev–Trinajstić information content (AvgIpc) is 3.33. The van der Waals surface area contributed by atoms with Gasteiger partial charge in [-0.15, -0.1) is 0 Å². The van der Waals surface area contributed by atoms with Crippen LogP contribution in [0.3, 0.4) is 0 Å². The monoisotopic (exact) mass is 528 g/mol. The van der Waals surface area contributed by atoms with Gasteiger partial charge in [0.05, 0.1) is 16.1 Å². The first-order chi connectivity index (χ1) is 18.4. The van der Waals surface area contributed by atoms with Crippen LogP contribution < -0.4 is 10.6 Å². The first-order valence-corrected chi connectivity index (χ1v) is 12.1. The summed E-state index contributed by atoms with van der Waals surface area (Å²) in [5.74, 6) is 0.159. The van der Waals surface area contributed by atoms with Gasteiger partial charge in [-0.3, -0.25) is 0 Å². The molecule has 0 bridgehead atoms. The summed E-state index contributed by atoms with van der Waals surface area (Å²) < 4.78 is 13.6. The zero-order valence-corrected chi connectivity index (χ0v) is 20.7. The van der Waals surface area contributed by atoms with Crippen LogP contribution in [0.2, 0.25) is 5.02 Å². The molecule has 0 fully saturated rings. The number of carboxylic acid groups (broad SMARTS) is 1.